The van der Waals surface area contributed by atoms with Crippen molar-refractivity contribution in [2.24, 2.45) is 29.6 Å². The molecule has 0 saturated heterocycles. The van der Waals surface area contributed by atoms with Crippen LogP contribution in [0.2, 0.25) is 0 Å². The van der Waals surface area contributed by atoms with Crippen molar-refractivity contribution >= 4 is 11.9 Å². The first kappa shape index (κ1) is 21.3. The van der Waals surface area contributed by atoms with Gasteiger partial charge in [-0.1, -0.05) is 32.6 Å². The van der Waals surface area contributed by atoms with Crippen LogP contribution >= 0.6 is 0 Å². The molecule has 0 aromatic carbocycles. The molecule has 4 unspecified atom stereocenters. The smallest absolute Gasteiger partial charge is 0.316 e. The first-order valence-corrected chi connectivity index (χ1v) is 11.5. The highest BCUT2D eigenvalue weighted by atomic mass is 16.6. The summed E-state index contributed by atoms with van der Waals surface area (Å²) in [5, 5.41) is 0. The normalized spacial score (nSPS) is 30.2. The molecule has 3 fully saturated rings. The lowest BCUT2D eigenvalue weighted by molar-refractivity contribution is -0.153. The highest BCUT2D eigenvalue weighted by Crippen LogP contribution is 2.55. The van der Waals surface area contributed by atoms with E-state index in [1.54, 1.807) is 12.3 Å². The van der Waals surface area contributed by atoms with Crippen molar-refractivity contribution in [2.45, 2.75) is 64.9 Å². The molecule has 0 spiro atoms. The van der Waals surface area contributed by atoms with Gasteiger partial charge in [-0.15, -0.1) is 0 Å². The fraction of sp³-hybridized carbons (Fsp3) is 0.708. The summed E-state index contributed by atoms with van der Waals surface area (Å²) in [5.74, 6) is 1.66. The van der Waals surface area contributed by atoms with Crippen LogP contribution in [-0.4, -0.2) is 30.1 Å². The van der Waals surface area contributed by atoms with Gasteiger partial charge in [-0.3, -0.25) is 9.59 Å². The molecule has 4 atom stereocenters. The monoisotopic (exact) mass is 415 g/mol. The Kier molecular flexibility index (Phi) is 7.03. The topological polar surface area (TPSA) is 74.7 Å². The van der Waals surface area contributed by atoms with Gasteiger partial charge in [0.15, 0.2) is 0 Å². The van der Waals surface area contributed by atoms with Gasteiger partial charge in [-0.25, -0.2) is 4.98 Å². The zero-order chi connectivity index (χ0) is 20.9. The third kappa shape index (κ3) is 5.20. The fourth-order valence-electron chi connectivity index (χ4n) is 5.27. The van der Waals surface area contributed by atoms with E-state index in [1.807, 2.05) is 6.07 Å². The second-order valence-electron chi connectivity index (χ2n) is 9.15. The van der Waals surface area contributed by atoms with E-state index >= 15 is 0 Å². The van der Waals surface area contributed by atoms with Gasteiger partial charge in [0.05, 0.1) is 25.0 Å². The maximum Gasteiger partial charge on any atom is 0.316 e. The molecule has 0 N–H and O–H groups in total. The van der Waals surface area contributed by atoms with Gasteiger partial charge in [0.25, 0.3) is 0 Å². The Morgan fingerprint density at radius 3 is 2.50 bits per heavy atom. The summed E-state index contributed by atoms with van der Waals surface area (Å²) in [5.41, 5.74) is 0.883. The summed E-state index contributed by atoms with van der Waals surface area (Å²) in [7, 11) is 0. The van der Waals surface area contributed by atoms with Crippen LogP contribution in [0.15, 0.2) is 18.3 Å². The number of nitrogens with zero attached hydrogens (tertiary/aromatic N) is 1. The summed E-state index contributed by atoms with van der Waals surface area (Å²) in [6, 6.07) is 3.59. The van der Waals surface area contributed by atoms with Gasteiger partial charge in [-0.05, 0) is 55.1 Å². The number of ether oxygens (including phenoxy) is 3. The molecule has 0 bridgehead atoms. The van der Waals surface area contributed by atoms with E-state index in [4.69, 9.17) is 14.2 Å². The molecule has 6 nitrogen and oxygen atoms in total. The lowest BCUT2D eigenvalue weighted by Gasteiger charge is -2.26. The number of esters is 2. The molecule has 4 rings (SSSR count). The first-order valence-electron chi connectivity index (χ1n) is 11.5. The van der Waals surface area contributed by atoms with Crippen LogP contribution in [0.1, 0.15) is 63.9 Å². The number of pyridine rings is 1. The average Bonchev–Trinajstić information content (AvgIpc) is 3.48. The summed E-state index contributed by atoms with van der Waals surface area (Å²) in [4.78, 5) is 28.8. The maximum absolute atomic E-state index is 12.4. The zero-order valence-corrected chi connectivity index (χ0v) is 17.9. The van der Waals surface area contributed by atoms with Crippen molar-refractivity contribution in [3.8, 4) is 5.88 Å². The largest absolute Gasteiger partial charge is 0.463 e. The predicted molar refractivity (Wildman–Crippen MR) is 111 cm³/mol. The van der Waals surface area contributed by atoms with E-state index in [0.29, 0.717) is 36.8 Å². The molecule has 0 aliphatic heterocycles. The van der Waals surface area contributed by atoms with Crippen LogP contribution in [0.3, 0.4) is 0 Å². The minimum atomic E-state index is -0.138. The number of aromatic nitrogens is 1. The van der Waals surface area contributed by atoms with Crippen molar-refractivity contribution in [2.75, 3.05) is 13.2 Å². The number of fused-ring (bicyclic) bond motifs is 1. The summed E-state index contributed by atoms with van der Waals surface area (Å²) >= 11 is 0. The summed E-state index contributed by atoms with van der Waals surface area (Å²) < 4.78 is 16.6. The van der Waals surface area contributed by atoms with Crippen LogP contribution in [0.25, 0.3) is 0 Å². The Balaban J connectivity index is 1.16. The Hall–Kier alpha value is -1.95. The van der Waals surface area contributed by atoms with Gasteiger partial charge in [0, 0.05) is 12.3 Å². The second kappa shape index (κ2) is 9.90. The molecule has 0 amide bonds. The Morgan fingerprint density at radius 1 is 1.00 bits per heavy atom. The summed E-state index contributed by atoms with van der Waals surface area (Å²) in [6.07, 6.45) is 10.7. The average molecular weight is 416 g/mol. The quantitative estimate of drug-likeness (QED) is 0.465. The maximum atomic E-state index is 12.4. The standard InChI is InChI=1S/C24H33NO5/c1-16-6-2-3-7-18(16)23(26)29-13-12-28-15-17-10-11-25-21(14-17)30-24(27)22-19-8-4-5-9-20(19)22/h10-11,14,16,18-20,22H,2-9,12-13,15H2,1H3. The van der Waals surface area contributed by atoms with Crippen molar-refractivity contribution < 1.29 is 23.8 Å². The van der Waals surface area contributed by atoms with Gasteiger partial charge >= 0.3 is 11.9 Å². The van der Waals surface area contributed by atoms with E-state index in [1.165, 1.54) is 19.3 Å². The predicted octanol–water partition coefficient (Wildman–Crippen LogP) is 4.31. The number of hydrogen-bond donors (Lipinski definition) is 0. The van der Waals surface area contributed by atoms with Gasteiger partial charge in [0.1, 0.15) is 6.61 Å². The second-order valence-corrected chi connectivity index (χ2v) is 9.15. The molecule has 1 aromatic rings. The molecular formula is C24H33NO5. The lowest BCUT2D eigenvalue weighted by Crippen LogP contribution is -2.28. The minimum Gasteiger partial charge on any atom is -0.463 e. The molecule has 3 aliphatic rings. The van der Waals surface area contributed by atoms with Crippen LogP contribution in [-0.2, 0) is 25.7 Å². The van der Waals surface area contributed by atoms with Crippen molar-refractivity contribution in [3.63, 3.8) is 0 Å². The van der Waals surface area contributed by atoms with Gasteiger partial charge in [-0.2, -0.15) is 0 Å². The molecule has 1 aromatic heterocycles. The first-order chi connectivity index (χ1) is 14.6. The third-order valence-corrected chi connectivity index (χ3v) is 7.09. The van der Waals surface area contributed by atoms with E-state index in [9.17, 15) is 9.59 Å². The Labute approximate surface area is 178 Å². The van der Waals surface area contributed by atoms with Crippen molar-refractivity contribution in [1.29, 1.82) is 0 Å². The molecule has 3 aliphatic carbocycles. The van der Waals surface area contributed by atoms with Gasteiger partial charge in [0.2, 0.25) is 5.88 Å². The minimum absolute atomic E-state index is 0.0338. The van der Waals surface area contributed by atoms with E-state index < -0.39 is 0 Å². The number of hydrogen-bond acceptors (Lipinski definition) is 6. The van der Waals surface area contributed by atoms with Crippen LogP contribution in [0.5, 0.6) is 5.88 Å². The zero-order valence-electron chi connectivity index (χ0n) is 17.9. The molecular weight excluding hydrogens is 382 g/mol. The SMILES string of the molecule is CC1CCCCC1C(=O)OCCOCc1ccnc(OC(=O)C2C3CCCCC32)c1. The molecule has 6 heteroatoms. The van der Waals surface area contributed by atoms with E-state index in [0.717, 1.165) is 37.7 Å². The van der Waals surface area contributed by atoms with Crippen LogP contribution in [0, 0.1) is 29.6 Å². The highest BCUT2D eigenvalue weighted by molar-refractivity contribution is 5.78. The van der Waals surface area contributed by atoms with Crippen LogP contribution < -0.4 is 4.74 Å². The number of carbonyl (C=O) groups is 2. The summed E-state index contributed by atoms with van der Waals surface area (Å²) in [6.45, 7) is 3.10. The molecule has 1 heterocycles. The van der Waals surface area contributed by atoms with E-state index in [2.05, 4.69) is 11.9 Å². The fourth-order valence-corrected chi connectivity index (χ4v) is 5.27. The lowest BCUT2D eigenvalue weighted by atomic mass is 9.80. The van der Waals surface area contributed by atoms with E-state index in [-0.39, 0.29) is 30.4 Å². The number of rotatable bonds is 8. The third-order valence-electron chi connectivity index (χ3n) is 7.09. The van der Waals surface area contributed by atoms with Gasteiger partial charge < -0.3 is 14.2 Å². The Bertz CT molecular complexity index is 739. The van der Waals surface area contributed by atoms with Crippen molar-refractivity contribution in [3.05, 3.63) is 23.9 Å². The highest BCUT2D eigenvalue weighted by Gasteiger charge is 2.55. The molecule has 3 saturated carbocycles. The molecule has 164 valence electrons. The number of carbonyl (C=O) groups excluding carboxylic acids is 2. The van der Waals surface area contributed by atoms with Crippen LogP contribution in [0.4, 0.5) is 0 Å². The molecule has 0 radical (unpaired) electrons. The molecule has 30 heavy (non-hydrogen) atoms. The Morgan fingerprint density at radius 2 is 1.73 bits per heavy atom. The van der Waals surface area contributed by atoms with Crippen molar-refractivity contribution in [1.82, 2.24) is 4.98 Å².